The second-order valence-electron chi connectivity index (χ2n) is 4.20. The fourth-order valence-electron chi connectivity index (χ4n) is 1.42. The minimum Gasteiger partial charge on any atom is -0.310 e. The lowest BCUT2D eigenvalue weighted by Crippen LogP contribution is -2.24. The van der Waals surface area contributed by atoms with Gasteiger partial charge in [-0.25, -0.2) is 0 Å². The average Bonchev–Trinajstić information content (AvgIpc) is 2.25. The summed E-state index contributed by atoms with van der Waals surface area (Å²) in [7, 11) is 0. The molecule has 84 valence electrons. The van der Waals surface area contributed by atoms with E-state index in [-0.39, 0.29) is 0 Å². The highest BCUT2D eigenvalue weighted by atomic mass is 79.9. The first-order valence-corrected chi connectivity index (χ1v) is 6.41. The standard InChI is InChI=1S/C13H20BrN/c1-4-10(2)9-15-11(3)12-6-5-7-13(14)8-12/h5-8,10-11,15H,4,9H2,1-3H3/t10?,11-/m0/s1. The van der Waals surface area contributed by atoms with Crippen LogP contribution >= 0.6 is 15.9 Å². The van der Waals surface area contributed by atoms with Crippen LogP contribution in [0.3, 0.4) is 0 Å². The molecule has 2 heteroatoms. The molecule has 1 aromatic carbocycles. The Balaban J connectivity index is 2.50. The van der Waals surface area contributed by atoms with Gasteiger partial charge in [-0.05, 0) is 37.1 Å². The van der Waals surface area contributed by atoms with Gasteiger partial charge < -0.3 is 5.32 Å². The summed E-state index contributed by atoms with van der Waals surface area (Å²) in [5.41, 5.74) is 1.34. The molecule has 2 atom stereocenters. The van der Waals surface area contributed by atoms with Crippen LogP contribution in [0.25, 0.3) is 0 Å². The second-order valence-corrected chi connectivity index (χ2v) is 5.11. The minimum absolute atomic E-state index is 0.427. The van der Waals surface area contributed by atoms with Crippen molar-refractivity contribution in [3.63, 3.8) is 0 Å². The van der Waals surface area contributed by atoms with Crippen LogP contribution in [0.2, 0.25) is 0 Å². The summed E-state index contributed by atoms with van der Waals surface area (Å²) in [4.78, 5) is 0. The summed E-state index contributed by atoms with van der Waals surface area (Å²) in [6.45, 7) is 7.81. The van der Waals surface area contributed by atoms with Crippen LogP contribution in [0.4, 0.5) is 0 Å². The van der Waals surface area contributed by atoms with Gasteiger partial charge in [0, 0.05) is 10.5 Å². The lowest BCUT2D eigenvalue weighted by Gasteiger charge is -2.17. The lowest BCUT2D eigenvalue weighted by atomic mass is 10.1. The molecule has 0 saturated carbocycles. The van der Waals surface area contributed by atoms with Gasteiger partial charge in [0.2, 0.25) is 0 Å². The van der Waals surface area contributed by atoms with E-state index < -0.39 is 0 Å². The Morgan fingerprint density at radius 2 is 2.07 bits per heavy atom. The van der Waals surface area contributed by atoms with Crippen LogP contribution in [0, 0.1) is 5.92 Å². The Bertz CT molecular complexity index is 298. The van der Waals surface area contributed by atoms with E-state index in [0.29, 0.717) is 6.04 Å². The van der Waals surface area contributed by atoms with E-state index in [2.05, 4.69) is 66.3 Å². The maximum Gasteiger partial charge on any atom is 0.0292 e. The third-order valence-electron chi connectivity index (χ3n) is 2.82. The molecule has 0 aliphatic carbocycles. The van der Waals surface area contributed by atoms with Crippen molar-refractivity contribution in [2.45, 2.75) is 33.2 Å². The zero-order valence-electron chi connectivity index (χ0n) is 9.76. The normalized spacial score (nSPS) is 14.9. The molecule has 0 aromatic heterocycles. The molecule has 1 N–H and O–H groups in total. The molecule has 0 fully saturated rings. The summed E-state index contributed by atoms with van der Waals surface area (Å²) in [6, 6.07) is 8.91. The molecular weight excluding hydrogens is 250 g/mol. The fraction of sp³-hybridized carbons (Fsp3) is 0.538. The molecule has 0 heterocycles. The Labute approximate surface area is 101 Å². The zero-order valence-corrected chi connectivity index (χ0v) is 11.3. The molecule has 0 spiro atoms. The van der Waals surface area contributed by atoms with Crippen molar-refractivity contribution in [2.75, 3.05) is 6.54 Å². The molecular formula is C13H20BrN. The first-order chi connectivity index (χ1) is 7.13. The minimum atomic E-state index is 0.427. The number of halogens is 1. The van der Waals surface area contributed by atoms with Gasteiger partial charge in [-0.1, -0.05) is 48.3 Å². The van der Waals surface area contributed by atoms with Crippen molar-refractivity contribution >= 4 is 15.9 Å². The summed E-state index contributed by atoms with van der Waals surface area (Å²) in [5.74, 6) is 0.750. The van der Waals surface area contributed by atoms with Crippen molar-refractivity contribution in [3.8, 4) is 0 Å². The summed E-state index contributed by atoms with van der Waals surface area (Å²) in [6.07, 6.45) is 1.23. The molecule has 0 saturated heterocycles. The first-order valence-electron chi connectivity index (χ1n) is 5.62. The monoisotopic (exact) mass is 269 g/mol. The summed E-state index contributed by atoms with van der Waals surface area (Å²) >= 11 is 3.50. The molecule has 1 rings (SSSR count). The van der Waals surface area contributed by atoms with Crippen LogP contribution < -0.4 is 5.32 Å². The maximum absolute atomic E-state index is 3.56. The van der Waals surface area contributed by atoms with Crippen LogP contribution in [-0.4, -0.2) is 6.54 Å². The van der Waals surface area contributed by atoms with Crippen LogP contribution in [0.15, 0.2) is 28.7 Å². The topological polar surface area (TPSA) is 12.0 Å². The number of nitrogens with one attached hydrogen (secondary N) is 1. The van der Waals surface area contributed by atoms with Gasteiger partial charge in [0.1, 0.15) is 0 Å². The second kappa shape index (κ2) is 6.29. The van der Waals surface area contributed by atoms with Gasteiger partial charge in [-0.2, -0.15) is 0 Å². The van der Waals surface area contributed by atoms with Gasteiger partial charge in [-0.3, -0.25) is 0 Å². The van der Waals surface area contributed by atoms with Crippen molar-refractivity contribution in [2.24, 2.45) is 5.92 Å². The number of hydrogen-bond acceptors (Lipinski definition) is 1. The molecule has 15 heavy (non-hydrogen) atoms. The largest absolute Gasteiger partial charge is 0.310 e. The van der Waals surface area contributed by atoms with Gasteiger partial charge in [-0.15, -0.1) is 0 Å². The molecule has 0 aliphatic rings. The third kappa shape index (κ3) is 4.35. The molecule has 0 aliphatic heterocycles. The number of hydrogen-bond donors (Lipinski definition) is 1. The summed E-state index contributed by atoms with van der Waals surface area (Å²) < 4.78 is 1.15. The van der Waals surface area contributed by atoms with E-state index in [1.54, 1.807) is 0 Å². The van der Waals surface area contributed by atoms with Crippen molar-refractivity contribution < 1.29 is 0 Å². The fourth-order valence-corrected chi connectivity index (χ4v) is 1.83. The number of rotatable bonds is 5. The Morgan fingerprint density at radius 1 is 1.33 bits per heavy atom. The van der Waals surface area contributed by atoms with E-state index in [4.69, 9.17) is 0 Å². The van der Waals surface area contributed by atoms with Crippen LogP contribution in [0.5, 0.6) is 0 Å². The van der Waals surface area contributed by atoms with E-state index >= 15 is 0 Å². The quantitative estimate of drug-likeness (QED) is 0.847. The molecule has 0 bridgehead atoms. The molecule has 0 radical (unpaired) electrons. The highest BCUT2D eigenvalue weighted by Crippen LogP contribution is 2.18. The average molecular weight is 270 g/mol. The predicted molar refractivity (Wildman–Crippen MR) is 70.0 cm³/mol. The van der Waals surface area contributed by atoms with E-state index in [0.717, 1.165) is 16.9 Å². The Hall–Kier alpha value is -0.340. The molecule has 1 aromatic rings. The van der Waals surface area contributed by atoms with Gasteiger partial charge >= 0.3 is 0 Å². The highest BCUT2D eigenvalue weighted by molar-refractivity contribution is 9.10. The first kappa shape index (κ1) is 12.7. The van der Waals surface area contributed by atoms with E-state index in [9.17, 15) is 0 Å². The van der Waals surface area contributed by atoms with E-state index in [1.807, 2.05) is 0 Å². The van der Waals surface area contributed by atoms with Gasteiger partial charge in [0.05, 0.1) is 0 Å². The lowest BCUT2D eigenvalue weighted by molar-refractivity contribution is 0.461. The third-order valence-corrected chi connectivity index (χ3v) is 3.31. The smallest absolute Gasteiger partial charge is 0.0292 e. The maximum atomic E-state index is 3.56. The van der Waals surface area contributed by atoms with Crippen molar-refractivity contribution in [3.05, 3.63) is 34.3 Å². The zero-order chi connectivity index (χ0) is 11.3. The van der Waals surface area contributed by atoms with Gasteiger partial charge in [0.15, 0.2) is 0 Å². The van der Waals surface area contributed by atoms with Crippen LogP contribution in [0.1, 0.15) is 38.8 Å². The van der Waals surface area contributed by atoms with Crippen LogP contribution in [-0.2, 0) is 0 Å². The van der Waals surface area contributed by atoms with Gasteiger partial charge in [0.25, 0.3) is 0 Å². The number of benzene rings is 1. The van der Waals surface area contributed by atoms with Crippen molar-refractivity contribution in [1.82, 2.24) is 5.32 Å². The predicted octanol–water partition coefficient (Wildman–Crippen LogP) is 4.15. The molecule has 0 amide bonds. The van der Waals surface area contributed by atoms with Crippen molar-refractivity contribution in [1.29, 1.82) is 0 Å². The Morgan fingerprint density at radius 3 is 2.67 bits per heavy atom. The SMILES string of the molecule is CCC(C)CN[C@@H](C)c1cccc(Br)c1. The van der Waals surface area contributed by atoms with E-state index in [1.165, 1.54) is 12.0 Å². The molecule has 1 nitrogen and oxygen atoms in total. The summed E-state index contributed by atoms with van der Waals surface area (Å²) in [5, 5.41) is 3.56. The molecule has 1 unspecified atom stereocenters. The highest BCUT2D eigenvalue weighted by Gasteiger charge is 2.06. The Kier molecular flexibility index (Phi) is 5.34.